The van der Waals surface area contributed by atoms with E-state index in [1.165, 1.54) is 0 Å². The summed E-state index contributed by atoms with van der Waals surface area (Å²) in [5.41, 5.74) is 5.49. The van der Waals surface area contributed by atoms with Gasteiger partial charge in [-0.15, -0.1) is 0 Å². The van der Waals surface area contributed by atoms with Crippen LogP contribution in [0.5, 0.6) is 11.5 Å². The van der Waals surface area contributed by atoms with Crippen LogP contribution in [-0.2, 0) is 4.57 Å². The normalized spacial score (nSPS) is 11.4. The Balaban J connectivity index is 2.21. The van der Waals surface area contributed by atoms with E-state index in [4.69, 9.17) is 9.05 Å². The highest BCUT2D eigenvalue weighted by Gasteiger charge is 2.36. The molecular weight excluding hydrogens is 367 g/mol. The molecule has 0 aliphatic heterocycles. The molecule has 3 aromatic rings. The second kappa shape index (κ2) is 7.85. The zero-order valence-corrected chi connectivity index (χ0v) is 18.3. The first-order valence-corrected chi connectivity index (χ1v) is 11.0. The molecule has 3 rings (SSSR count). The first-order valence-electron chi connectivity index (χ1n) is 9.41. The molecule has 0 heterocycles. The molecule has 146 valence electrons. The van der Waals surface area contributed by atoms with Crippen LogP contribution in [0.15, 0.2) is 54.6 Å². The van der Waals surface area contributed by atoms with Gasteiger partial charge in [0.1, 0.15) is 11.5 Å². The minimum absolute atomic E-state index is 0.611. The fourth-order valence-corrected chi connectivity index (χ4v) is 5.76. The lowest BCUT2D eigenvalue weighted by Gasteiger charge is -2.26. The van der Waals surface area contributed by atoms with E-state index in [9.17, 15) is 4.57 Å². The van der Waals surface area contributed by atoms with E-state index in [0.717, 1.165) is 33.4 Å². The van der Waals surface area contributed by atoms with Crippen LogP contribution in [0.1, 0.15) is 33.4 Å². The van der Waals surface area contributed by atoms with Crippen molar-refractivity contribution < 1.29 is 13.6 Å². The summed E-state index contributed by atoms with van der Waals surface area (Å²) < 4.78 is 26.9. The number of aryl methyl sites for hydroxylation is 6. The first kappa shape index (κ1) is 20.2. The average Bonchev–Trinajstić information content (AvgIpc) is 2.62. The highest BCUT2D eigenvalue weighted by molar-refractivity contribution is 7.63. The Morgan fingerprint density at radius 2 is 0.821 bits per heavy atom. The van der Waals surface area contributed by atoms with Gasteiger partial charge in [0, 0.05) is 0 Å². The zero-order valence-electron chi connectivity index (χ0n) is 17.4. The van der Waals surface area contributed by atoms with Crippen LogP contribution in [-0.4, -0.2) is 0 Å². The van der Waals surface area contributed by atoms with E-state index in [-0.39, 0.29) is 0 Å². The molecule has 0 spiro atoms. The van der Waals surface area contributed by atoms with Gasteiger partial charge >= 0.3 is 7.60 Å². The maximum absolute atomic E-state index is 14.4. The van der Waals surface area contributed by atoms with Crippen LogP contribution >= 0.6 is 7.60 Å². The molecule has 3 nitrogen and oxygen atoms in total. The average molecular weight is 394 g/mol. The summed E-state index contributed by atoms with van der Waals surface area (Å²) in [5, 5.41) is 0.625. The van der Waals surface area contributed by atoms with Gasteiger partial charge in [0.2, 0.25) is 0 Å². The summed E-state index contributed by atoms with van der Waals surface area (Å²) in [6.07, 6.45) is 0. The molecule has 4 heteroatoms. The molecule has 28 heavy (non-hydrogen) atoms. The second-order valence-electron chi connectivity index (χ2n) is 7.36. The number of hydrogen-bond donors (Lipinski definition) is 0. The largest absolute Gasteiger partial charge is 0.463 e. The third-order valence-electron chi connectivity index (χ3n) is 4.95. The highest BCUT2D eigenvalue weighted by atomic mass is 31.2. The van der Waals surface area contributed by atoms with Crippen molar-refractivity contribution in [2.75, 3.05) is 0 Å². The van der Waals surface area contributed by atoms with Gasteiger partial charge in [-0.05, 0) is 74.9 Å². The predicted molar refractivity (Wildman–Crippen MR) is 116 cm³/mol. The van der Waals surface area contributed by atoms with E-state index in [1.54, 1.807) is 0 Å². The maximum Gasteiger partial charge on any atom is 0.463 e. The van der Waals surface area contributed by atoms with Crippen molar-refractivity contribution in [3.63, 3.8) is 0 Å². The van der Waals surface area contributed by atoms with Gasteiger partial charge in [-0.2, -0.15) is 0 Å². The Bertz CT molecular complexity index is 951. The zero-order chi connectivity index (χ0) is 20.5. The molecule has 0 atom stereocenters. The van der Waals surface area contributed by atoms with Crippen LogP contribution in [0.3, 0.4) is 0 Å². The molecule has 0 saturated carbocycles. The summed E-state index contributed by atoms with van der Waals surface area (Å²) in [6, 6.07) is 17.6. The molecule has 0 amide bonds. The molecule has 0 aliphatic carbocycles. The van der Waals surface area contributed by atoms with Gasteiger partial charge in [0.05, 0.1) is 5.30 Å². The van der Waals surface area contributed by atoms with Crippen molar-refractivity contribution >= 4 is 12.9 Å². The molecule has 0 fully saturated rings. The lowest BCUT2D eigenvalue weighted by Crippen LogP contribution is -2.21. The highest BCUT2D eigenvalue weighted by Crippen LogP contribution is 2.51. The molecule has 0 unspecified atom stereocenters. The molecule has 0 aromatic heterocycles. The Morgan fingerprint density at radius 1 is 0.536 bits per heavy atom. The van der Waals surface area contributed by atoms with Gasteiger partial charge in [0.15, 0.2) is 0 Å². The Labute approximate surface area is 167 Å². The summed E-state index contributed by atoms with van der Waals surface area (Å²) in [4.78, 5) is 0. The summed E-state index contributed by atoms with van der Waals surface area (Å²) >= 11 is 0. The number of rotatable bonds is 5. The van der Waals surface area contributed by atoms with Crippen LogP contribution in [0.2, 0.25) is 0 Å². The fourth-order valence-electron chi connectivity index (χ4n) is 3.47. The van der Waals surface area contributed by atoms with Gasteiger partial charge in [0.25, 0.3) is 0 Å². The monoisotopic (exact) mass is 394 g/mol. The lowest BCUT2D eigenvalue weighted by molar-refractivity contribution is 0.394. The first-order chi connectivity index (χ1) is 13.2. The maximum atomic E-state index is 14.4. The summed E-state index contributed by atoms with van der Waals surface area (Å²) in [6.45, 7) is 11.7. The van der Waals surface area contributed by atoms with E-state index in [0.29, 0.717) is 16.8 Å². The van der Waals surface area contributed by atoms with Gasteiger partial charge in [-0.3, -0.25) is 0 Å². The van der Waals surface area contributed by atoms with Crippen molar-refractivity contribution in [1.82, 2.24) is 0 Å². The number of hydrogen-bond acceptors (Lipinski definition) is 3. The topological polar surface area (TPSA) is 35.5 Å². The molecule has 3 aromatic carbocycles. The minimum atomic E-state index is -3.70. The minimum Gasteiger partial charge on any atom is -0.412 e. The third-order valence-corrected chi connectivity index (χ3v) is 7.05. The summed E-state index contributed by atoms with van der Waals surface area (Å²) in [5.74, 6) is 1.22. The molecular formula is C24H27O3P. The van der Waals surface area contributed by atoms with Crippen LogP contribution in [0, 0.1) is 41.5 Å². The molecule has 0 radical (unpaired) electrons. The van der Waals surface area contributed by atoms with Crippen LogP contribution < -0.4 is 14.4 Å². The lowest BCUT2D eigenvalue weighted by atomic mass is 10.1. The Morgan fingerprint density at radius 3 is 1.14 bits per heavy atom. The Hall–Kier alpha value is -2.51. The molecule has 0 saturated heterocycles. The van der Waals surface area contributed by atoms with Gasteiger partial charge < -0.3 is 9.05 Å². The molecule has 0 N–H and O–H groups in total. The van der Waals surface area contributed by atoms with Crippen LogP contribution in [0.4, 0.5) is 0 Å². The SMILES string of the molecule is Cc1cccc(C)c1OP(=O)(Oc1c(C)cccc1C)c1c(C)cccc1C. The van der Waals surface area contributed by atoms with Crippen molar-refractivity contribution in [1.29, 1.82) is 0 Å². The van der Waals surface area contributed by atoms with Gasteiger partial charge in [-0.1, -0.05) is 54.6 Å². The predicted octanol–water partition coefficient (Wildman–Crippen LogP) is 6.51. The van der Waals surface area contributed by atoms with E-state index < -0.39 is 7.60 Å². The smallest absolute Gasteiger partial charge is 0.412 e. The molecule has 0 bridgehead atoms. The fraction of sp³-hybridized carbons (Fsp3) is 0.250. The number of benzene rings is 3. The van der Waals surface area contributed by atoms with E-state index >= 15 is 0 Å². The quantitative estimate of drug-likeness (QED) is 0.463. The van der Waals surface area contributed by atoms with Crippen LogP contribution in [0.25, 0.3) is 0 Å². The molecule has 0 aliphatic rings. The van der Waals surface area contributed by atoms with Crippen molar-refractivity contribution in [2.45, 2.75) is 41.5 Å². The van der Waals surface area contributed by atoms with E-state index in [1.807, 2.05) is 96.1 Å². The number of para-hydroxylation sites is 2. The van der Waals surface area contributed by atoms with Gasteiger partial charge in [-0.25, -0.2) is 4.57 Å². The van der Waals surface area contributed by atoms with E-state index in [2.05, 4.69) is 0 Å². The Kier molecular flexibility index (Phi) is 5.67. The second-order valence-corrected chi connectivity index (χ2v) is 9.17. The van der Waals surface area contributed by atoms with Crippen molar-refractivity contribution in [3.05, 3.63) is 88.0 Å². The summed E-state index contributed by atoms with van der Waals surface area (Å²) in [7, 11) is -3.70. The van der Waals surface area contributed by atoms with Crippen molar-refractivity contribution in [2.24, 2.45) is 0 Å². The van der Waals surface area contributed by atoms with Crippen molar-refractivity contribution in [3.8, 4) is 11.5 Å². The standard InChI is InChI=1S/C24H27O3P/c1-16-10-7-11-17(2)22(16)26-28(25,24-20(5)14-9-15-21(24)6)27-23-18(3)12-8-13-19(23)4/h7-15H,1-6H3. The third kappa shape index (κ3) is 3.86.